The van der Waals surface area contributed by atoms with Gasteiger partial charge in [0.25, 0.3) is 0 Å². The average Bonchev–Trinajstić information content (AvgIpc) is 3.56. The molecular weight excluding hydrogens is 757 g/mol. The first-order valence-corrected chi connectivity index (χ1v) is 22.0. The van der Waals surface area contributed by atoms with Crippen molar-refractivity contribution in [3.05, 3.63) is 118 Å². The van der Waals surface area contributed by atoms with Crippen molar-refractivity contribution in [2.75, 3.05) is 6.61 Å². The number of carbonyl (C=O) groups is 3. The lowest BCUT2D eigenvalue weighted by molar-refractivity contribution is -0.223. The van der Waals surface area contributed by atoms with Crippen LogP contribution < -0.4 is 5.82 Å². The Hall–Kier alpha value is -4.50. The number of ether oxygens (including phenoxy) is 3. The van der Waals surface area contributed by atoms with E-state index >= 15 is 4.79 Å². The summed E-state index contributed by atoms with van der Waals surface area (Å²) in [6.45, 7) is 18.8. The van der Waals surface area contributed by atoms with Gasteiger partial charge < -0.3 is 23.0 Å². The fraction of sp³-hybridized carbons (Fsp3) is 0.569. The first-order valence-electron chi connectivity index (χ1n) is 22.0. The average molecular weight is 819 g/mol. The molecule has 0 bridgehead atoms. The van der Waals surface area contributed by atoms with Crippen LogP contribution in [0.4, 0.5) is 0 Å². The maximum absolute atomic E-state index is 15.2. The number of carbonyl (C=O) groups excluding carboxylic acids is 3. The van der Waals surface area contributed by atoms with Gasteiger partial charge in [-0.1, -0.05) is 100 Å². The normalized spacial score (nSPS) is 37.1. The van der Waals surface area contributed by atoms with Crippen LogP contribution in [0.25, 0.3) is 0 Å². The Labute approximate surface area is 354 Å². The van der Waals surface area contributed by atoms with E-state index in [4.69, 9.17) is 23.0 Å². The monoisotopic (exact) mass is 818 g/mol. The van der Waals surface area contributed by atoms with Gasteiger partial charge in [0.2, 0.25) is 0 Å². The highest BCUT2D eigenvalue weighted by molar-refractivity contribution is 5.96. The number of aryl methyl sites for hydroxylation is 1. The lowest BCUT2D eigenvalue weighted by atomic mass is 9.33. The Morgan fingerprint density at radius 2 is 1.48 bits per heavy atom. The van der Waals surface area contributed by atoms with E-state index in [1.807, 2.05) is 73.7 Å². The lowest BCUT2D eigenvalue weighted by Crippen LogP contribution is -2.68. The summed E-state index contributed by atoms with van der Waals surface area (Å²) in [4.78, 5) is 56.1. The molecule has 8 rings (SSSR count). The molecule has 320 valence electrons. The Morgan fingerprint density at radius 3 is 2.10 bits per heavy atom. The van der Waals surface area contributed by atoms with E-state index < -0.39 is 45.7 Å². The molecule has 4 fully saturated rings. The molecule has 0 aliphatic heterocycles. The van der Waals surface area contributed by atoms with E-state index in [-0.39, 0.29) is 65.1 Å². The van der Waals surface area contributed by atoms with Crippen LogP contribution in [0.2, 0.25) is 0 Å². The third-order valence-electron chi connectivity index (χ3n) is 17.1. The summed E-state index contributed by atoms with van der Waals surface area (Å²) in [6, 6.07) is 19.9. The van der Waals surface area contributed by atoms with Gasteiger partial charge in [-0.2, -0.15) is 0 Å². The summed E-state index contributed by atoms with van der Waals surface area (Å²) < 4.78 is 29.1. The van der Waals surface area contributed by atoms with Gasteiger partial charge >= 0.3 is 17.8 Å². The minimum absolute atomic E-state index is 0.0383. The van der Waals surface area contributed by atoms with Crippen LogP contribution in [-0.4, -0.2) is 30.4 Å². The van der Waals surface area contributed by atoms with E-state index in [0.717, 1.165) is 49.7 Å². The number of hydrogen-bond donors (Lipinski definition) is 0. The molecule has 0 spiro atoms. The molecule has 0 radical (unpaired) electrons. The van der Waals surface area contributed by atoms with E-state index in [1.54, 1.807) is 13.0 Å². The summed E-state index contributed by atoms with van der Waals surface area (Å²) >= 11 is 0. The van der Waals surface area contributed by atoms with Crippen molar-refractivity contribution in [2.24, 2.45) is 50.2 Å². The zero-order valence-corrected chi connectivity index (χ0v) is 36.5. The van der Waals surface area contributed by atoms with Gasteiger partial charge in [-0.15, -0.1) is 6.58 Å². The Kier molecular flexibility index (Phi) is 10.6. The maximum Gasteiger partial charge on any atom is 0.519 e. The molecule has 9 nitrogen and oxygen atoms in total. The van der Waals surface area contributed by atoms with Crippen molar-refractivity contribution in [1.29, 1.82) is 0 Å². The second kappa shape index (κ2) is 15.1. The molecule has 0 unspecified atom stereocenters. The Balaban J connectivity index is 1.11. The SMILES string of the molecule is C=CCO[C@H]1CC[C@@]2(C)[C@@H](CC[C@]3(C)[C@@H]2C(=O)C=C2[C@@H]4C[C@@](C)(C(=O)OC(c5ccccc5)c5ccccc5)CC[C@]4(C)CC[C@]23C)[C@]1(C)C(=O)OCc1oc(=O)oc1C. The van der Waals surface area contributed by atoms with E-state index in [0.29, 0.717) is 19.3 Å². The van der Waals surface area contributed by atoms with Crippen LogP contribution in [0.3, 0.4) is 0 Å². The molecule has 2 aromatic carbocycles. The zero-order valence-electron chi connectivity index (χ0n) is 36.5. The van der Waals surface area contributed by atoms with Gasteiger partial charge in [0.05, 0.1) is 23.5 Å². The summed E-state index contributed by atoms with van der Waals surface area (Å²) in [6.07, 6.45) is 9.66. The predicted molar refractivity (Wildman–Crippen MR) is 226 cm³/mol. The smallest absolute Gasteiger partial charge is 0.457 e. The molecule has 0 amide bonds. The summed E-state index contributed by atoms with van der Waals surface area (Å²) in [5.41, 5.74) is -0.0411. The highest BCUT2D eigenvalue weighted by Gasteiger charge is 2.72. The van der Waals surface area contributed by atoms with Crippen molar-refractivity contribution in [2.45, 2.75) is 125 Å². The Morgan fingerprint density at radius 1 is 0.833 bits per heavy atom. The number of rotatable bonds is 10. The molecule has 0 N–H and O–H groups in total. The van der Waals surface area contributed by atoms with Crippen LogP contribution >= 0.6 is 0 Å². The van der Waals surface area contributed by atoms with Crippen LogP contribution in [0.1, 0.15) is 128 Å². The number of benzene rings is 2. The first-order chi connectivity index (χ1) is 28.4. The fourth-order valence-corrected chi connectivity index (χ4v) is 13.4. The van der Waals surface area contributed by atoms with Crippen LogP contribution in [0.5, 0.6) is 0 Å². The summed E-state index contributed by atoms with van der Waals surface area (Å²) in [7, 11) is 0. The van der Waals surface area contributed by atoms with Gasteiger partial charge in [-0.25, -0.2) is 4.79 Å². The molecule has 9 heteroatoms. The quantitative estimate of drug-likeness (QED) is 0.145. The molecule has 3 aromatic rings. The largest absolute Gasteiger partial charge is 0.519 e. The third-order valence-corrected chi connectivity index (χ3v) is 17.1. The fourth-order valence-electron chi connectivity index (χ4n) is 13.4. The van der Waals surface area contributed by atoms with E-state index in [9.17, 15) is 14.4 Å². The van der Waals surface area contributed by atoms with Gasteiger partial charge in [-0.3, -0.25) is 14.4 Å². The highest BCUT2D eigenvalue weighted by atomic mass is 16.6. The van der Waals surface area contributed by atoms with Crippen LogP contribution in [0.15, 0.2) is 98.6 Å². The number of ketones is 1. The van der Waals surface area contributed by atoms with Crippen molar-refractivity contribution < 1.29 is 37.4 Å². The molecular formula is C51H62O9. The highest BCUT2D eigenvalue weighted by Crippen LogP contribution is 2.75. The van der Waals surface area contributed by atoms with Gasteiger partial charge in [0.1, 0.15) is 0 Å². The zero-order chi connectivity index (χ0) is 42.9. The number of fused-ring (bicyclic) bond motifs is 7. The third kappa shape index (κ3) is 6.51. The Bertz CT molecular complexity index is 2200. The number of esters is 2. The predicted octanol–water partition coefficient (Wildman–Crippen LogP) is 10.4. The van der Waals surface area contributed by atoms with Crippen LogP contribution in [-0.2, 0) is 35.2 Å². The van der Waals surface area contributed by atoms with E-state index in [1.165, 1.54) is 5.57 Å². The molecule has 5 aliphatic rings. The second-order valence-corrected chi connectivity index (χ2v) is 20.3. The molecule has 1 heterocycles. The minimum Gasteiger partial charge on any atom is -0.457 e. The number of allylic oxidation sites excluding steroid dienone is 2. The minimum atomic E-state index is -1.09. The second-order valence-electron chi connectivity index (χ2n) is 20.3. The first kappa shape index (κ1) is 42.2. The van der Waals surface area contributed by atoms with E-state index in [2.05, 4.69) is 41.2 Å². The molecule has 4 saturated carbocycles. The molecule has 10 atom stereocenters. The lowest BCUT2D eigenvalue weighted by Gasteiger charge is -2.70. The topological polar surface area (TPSA) is 122 Å². The maximum atomic E-state index is 15.2. The summed E-state index contributed by atoms with van der Waals surface area (Å²) in [5, 5.41) is 0. The van der Waals surface area contributed by atoms with Gasteiger partial charge in [0.15, 0.2) is 30.0 Å². The molecule has 0 saturated heterocycles. The molecule has 5 aliphatic carbocycles. The van der Waals surface area contributed by atoms with Crippen molar-refractivity contribution >= 4 is 17.7 Å². The summed E-state index contributed by atoms with van der Waals surface area (Å²) in [5.74, 6) is -1.42. The standard InChI is InChI=1S/C51H62O9/c1-9-28-56-40-21-22-48(5)39(51(40,8)44(54)57-31-38-32(2)58-45(55)59-38)20-23-50(7)42(48)37(52)29-35-36-30-47(4,25-24-46(36,3)26-27-49(35,50)6)43(53)60-41(33-16-12-10-13-17-33)34-18-14-11-15-19-34/h9-19,29,36,39-42H,1,20-28,30-31H2,2-8H3/t36-,39+,40-,42+,46+,47-,48-,49+,50+,51-/m0/s1. The van der Waals surface area contributed by atoms with Crippen molar-refractivity contribution in [1.82, 2.24) is 0 Å². The van der Waals surface area contributed by atoms with Gasteiger partial charge in [0, 0.05) is 5.92 Å². The number of hydrogen-bond acceptors (Lipinski definition) is 9. The van der Waals surface area contributed by atoms with Gasteiger partial charge in [-0.05, 0) is 129 Å². The van der Waals surface area contributed by atoms with Crippen molar-refractivity contribution in [3.63, 3.8) is 0 Å². The van der Waals surface area contributed by atoms with Crippen molar-refractivity contribution in [3.8, 4) is 0 Å². The molecule has 60 heavy (non-hydrogen) atoms. The molecule has 1 aromatic heterocycles. The van der Waals surface area contributed by atoms with Crippen LogP contribution in [0, 0.1) is 57.2 Å².